The van der Waals surface area contributed by atoms with Gasteiger partial charge in [-0.25, -0.2) is 14.2 Å². The Hall–Kier alpha value is -3.95. The SMILES string of the molecule is NC(=O)c1cc(COC(=O)NC2CC3(C2)CN(c2ccc(-c4ccc(F)cc4)cn2)C3)on1. The van der Waals surface area contributed by atoms with Crippen LogP contribution < -0.4 is 16.0 Å². The molecule has 9 nitrogen and oxygen atoms in total. The molecule has 10 heteroatoms. The lowest BCUT2D eigenvalue weighted by atomic mass is 9.60. The molecule has 1 saturated heterocycles. The molecular formula is C23H22FN5O4. The van der Waals surface area contributed by atoms with Gasteiger partial charge in [-0.2, -0.15) is 0 Å². The summed E-state index contributed by atoms with van der Waals surface area (Å²) < 4.78 is 23.1. The summed E-state index contributed by atoms with van der Waals surface area (Å²) in [5, 5.41) is 6.34. The molecule has 2 fully saturated rings. The van der Waals surface area contributed by atoms with E-state index in [2.05, 4.69) is 20.4 Å². The Kier molecular flexibility index (Phi) is 5.20. The van der Waals surface area contributed by atoms with Crippen molar-refractivity contribution in [2.24, 2.45) is 11.1 Å². The minimum atomic E-state index is -0.706. The number of aromatic nitrogens is 2. The molecule has 1 aliphatic carbocycles. The van der Waals surface area contributed by atoms with Crippen LogP contribution in [0.25, 0.3) is 11.1 Å². The van der Waals surface area contributed by atoms with Crippen molar-refractivity contribution in [1.82, 2.24) is 15.5 Å². The first kappa shape index (κ1) is 20.9. The number of halogens is 1. The minimum absolute atomic E-state index is 0.0101. The first-order valence-corrected chi connectivity index (χ1v) is 10.5. The van der Waals surface area contributed by atoms with E-state index in [0.29, 0.717) is 0 Å². The molecule has 1 saturated carbocycles. The van der Waals surface area contributed by atoms with Crippen molar-refractivity contribution >= 4 is 17.8 Å². The fourth-order valence-electron chi connectivity index (χ4n) is 4.50. The van der Waals surface area contributed by atoms with Crippen LogP contribution >= 0.6 is 0 Å². The van der Waals surface area contributed by atoms with Gasteiger partial charge in [-0.3, -0.25) is 4.79 Å². The van der Waals surface area contributed by atoms with Gasteiger partial charge in [0.25, 0.3) is 5.91 Å². The number of nitrogens with zero attached hydrogens (tertiary/aromatic N) is 3. The molecule has 0 radical (unpaired) electrons. The van der Waals surface area contributed by atoms with E-state index >= 15 is 0 Å². The van der Waals surface area contributed by atoms with Crippen molar-refractivity contribution < 1.29 is 23.2 Å². The predicted molar refractivity (Wildman–Crippen MR) is 116 cm³/mol. The van der Waals surface area contributed by atoms with Gasteiger partial charge in [0, 0.05) is 42.4 Å². The van der Waals surface area contributed by atoms with Crippen LogP contribution in [0.4, 0.5) is 15.0 Å². The van der Waals surface area contributed by atoms with Crippen LogP contribution in [0.3, 0.4) is 0 Å². The lowest BCUT2D eigenvalue weighted by Crippen LogP contribution is -2.66. The fourth-order valence-corrected chi connectivity index (χ4v) is 4.50. The zero-order valence-corrected chi connectivity index (χ0v) is 17.7. The summed E-state index contributed by atoms with van der Waals surface area (Å²) in [4.78, 5) is 29.8. The lowest BCUT2D eigenvalue weighted by Gasteiger charge is -2.59. The summed E-state index contributed by atoms with van der Waals surface area (Å²) in [5.41, 5.74) is 7.15. The number of nitrogens with two attached hydrogens (primary N) is 1. The number of carbonyl (C=O) groups is 2. The van der Waals surface area contributed by atoms with E-state index in [0.717, 1.165) is 42.9 Å². The molecule has 0 bridgehead atoms. The van der Waals surface area contributed by atoms with Crippen molar-refractivity contribution in [2.75, 3.05) is 18.0 Å². The van der Waals surface area contributed by atoms with Crippen molar-refractivity contribution in [3.05, 3.63) is 65.9 Å². The zero-order valence-electron chi connectivity index (χ0n) is 17.7. The number of hydrogen-bond acceptors (Lipinski definition) is 7. The van der Waals surface area contributed by atoms with Gasteiger partial charge in [0.2, 0.25) is 0 Å². The third-order valence-electron chi connectivity index (χ3n) is 6.14. The first-order valence-electron chi connectivity index (χ1n) is 10.5. The number of amides is 2. The Labute approximate surface area is 188 Å². The van der Waals surface area contributed by atoms with Crippen LogP contribution in [0.2, 0.25) is 0 Å². The molecule has 3 heterocycles. The Bertz CT molecular complexity index is 1160. The Morgan fingerprint density at radius 1 is 1.18 bits per heavy atom. The van der Waals surface area contributed by atoms with E-state index in [1.165, 1.54) is 18.2 Å². The third kappa shape index (κ3) is 4.36. The molecule has 0 atom stereocenters. The number of hydrogen-bond donors (Lipinski definition) is 2. The van der Waals surface area contributed by atoms with Gasteiger partial charge in [-0.15, -0.1) is 0 Å². The van der Waals surface area contributed by atoms with Crippen LogP contribution in [0.15, 0.2) is 53.2 Å². The summed E-state index contributed by atoms with van der Waals surface area (Å²) in [6, 6.07) is 11.7. The Balaban J connectivity index is 1.05. The molecule has 5 rings (SSSR count). The molecule has 2 aromatic heterocycles. The third-order valence-corrected chi connectivity index (χ3v) is 6.14. The molecule has 2 amide bonds. The summed E-state index contributed by atoms with van der Waals surface area (Å²) >= 11 is 0. The monoisotopic (exact) mass is 451 g/mol. The number of pyridine rings is 1. The van der Waals surface area contributed by atoms with Crippen molar-refractivity contribution in [3.8, 4) is 11.1 Å². The topological polar surface area (TPSA) is 124 Å². The molecule has 1 aliphatic heterocycles. The molecule has 1 aromatic carbocycles. The van der Waals surface area contributed by atoms with Crippen LogP contribution in [0.5, 0.6) is 0 Å². The number of rotatable bonds is 6. The normalized spacial score (nSPS) is 16.7. The van der Waals surface area contributed by atoms with E-state index < -0.39 is 12.0 Å². The number of carbonyl (C=O) groups excluding carboxylic acids is 2. The van der Waals surface area contributed by atoms with Crippen LogP contribution in [0.1, 0.15) is 29.1 Å². The van der Waals surface area contributed by atoms with Gasteiger partial charge in [0.1, 0.15) is 11.6 Å². The second-order valence-electron chi connectivity index (χ2n) is 8.64. The minimum Gasteiger partial charge on any atom is -0.441 e. The van der Waals surface area contributed by atoms with Crippen LogP contribution in [0, 0.1) is 11.2 Å². The highest BCUT2D eigenvalue weighted by Gasteiger charge is 2.53. The number of ether oxygens (including phenoxy) is 1. The molecule has 3 N–H and O–H groups in total. The maximum atomic E-state index is 13.1. The molecule has 3 aromatic rings. The number of nitrogens with one attached hydrogen (secondary N) is 1. The molecule has 2 aliphatic rings. The summed E-state index contributed by atoms with van der Waals surface area (Å²) in [7, 11) is 0. The molecule has 170 valence electrons. The summed E-state index contributed by atoms with van der Waals surface area (Å²) in [6.45, 7) is 1.64. The van der Waals surface area contributed by atoms with Gasteiger partial charge in [0.05, 0.1) is 0 Å². The predicted octanol–water partition coefficient (Wildman–Crippen LogP) is 2.87. The van der Waals surface area contributed by atoms with Crippen LogP contribution in [-0.4, -0.2) is 41.3 Å². The van der Waals surface area contributed by atoms with Crippen LogP contribution in [-0.2, 0) is 11.3 Å². The van der Waals surface area contributed by atoms with E-state index in [1.54, 1.807) is 18.3 Å². The average molecular weight is 451 g/mol. The maximum absolute atomic E-state index is 13.1. The maximum Gasteiger partial charge on any atom is 0.407 e. The number of anilines is 1. The Morgan fingerprint density at radius 3 is 2.55 bits per heavy atom. The van der Waals surface area contributed by atoms with Gasteiger partial charge >= 0.3 is 6.09 Å². The van der Waals surface area contributed by atoms with Gasteiger partial charge in [-0.05, 0) is 42.7 Å². The zero-order chi connectivity index (χ0) is 23.0. The largest absolute Gasteiger partial charge is 0.441 e. The first-order chi connectivity index (χ1) is 15.9. The highest BCUT2D eigenvalue weighted by atomic mass is 19.1. The van der Waals surface area contributed by atoms with E-state index in [1.807, 2.05) is 12.1 Å². The number of benzene rings is 1. The standard InChI is InChI=1S/C23H22FN5O4/c24-16-4-1-14(2-5-16)15-3-6-20(26-10-15)29-12-23(13-29)8-17(9-23)27-22(31)32-11-18-7-19(21(25)30)28-33-18/h1-7,10,17H,8-9,11-13H2,(H2,25,30)(H,27,31). The number of primary amides is 1. The summed E-state index contributed by atoms with van der Waals surface area (Å²) in [5.74, 6) is 0.188. The summed E-state index contributed by atoms with van der Waals surface area (Å²) in [6.07, 6.45) is 3.01. The van der Waals surface area contributed by atoms with Crippen molar-refractivity contribution in [1.29, 1.82) is 0 Å². The quantitative estimate of drug-likeness (QED) is 0.591. The Morgan fingerprint density at radius 2 is 1.91 bits per heavy atom. The van der Waals surface area contributed by atoms with E-state index in [4.69, 9.17) is 15.0 Å². The smallest absolute Gasteiger partial charge is 0.407 e. The fraction of sp³-hybridized carbons (Fsp3) is 0.304. The van der Waals surface area contributed by atoms with Crippen molar-refractivity contribution in [3.63, 3.8) is 0 Å². The highest BCUT2D eigenvalue weighted by molar-refractivity contribution is 5.90. The van der Waals surface area contributed by atoms with Crippen molar-refractivity contribution in [2.45, 2.75) is 25.5 Å². The molecule has 33 heavy (non-hydrogen) atoms. The van der Waals surface area contributed by atoms with Gasteiger partial charge < -0.3 is 25.2 Å². The second-order valence-corrected chi connectivity index (χ2v) is 8.64. The van der Waals surface area contributed by atoms with Gasteiger partial charge in [0.15, 0.2) is 18.1 Å². The second kappa shape index (κ2) is 8.19. The highest BCUT2D eigenvalue weighted by Crippen LogP contribution is 2.49. The molecule has 0 unspecified atom stereocenters. The van der Waals surface area contributed by atoms with E-state index in [9.17, 15) is 14.0 Å². The lowest BCUT2D eigenvalue weighted by molar-refractivity contribution is 0.0417. The molecular weight excluding hydrogens is 429 g/mol. The number of alkyl carbamates (subject to hydrolysis) is 1. The average Bonchev–Trinajstić information content (AvgIpc) is 3.23. The van der Waals surface area contributed by atoms with E-state index in [-0.39, 0.29) is 35.3 Å². The van der Waals surface area contributed by atoms with Gasteiger partial charge in [-0.1, -0.05) is 17.3 Å². The molecule has 1 spiro atoms.